The van der Waals surface area contributed by atoms with Crippen LogP contribution in [-0.2, 0) is 19.2 Å². The summed E-state index contributed by atoms with van der Waals surface area (Å²) >= 11 is 3.30. The molecule has 0 amide bonds. The van der Waals surface area contributed by atoms with Crippen molar-refractivity contribution in [3.63, 3.8) is 0 Å². The molecule has 22 heavy (non-hydrogen) atoms. The van der Waals surface area contributed by atoms with Crippen molar-refractivity contribution in [1.82, 2.24) is 0 Å². The van der Waals surface area contributed by atoms with E-state index in [2.05, 4.69) is 92.0 Å². The third-order valence-corrected chi connectivity index (χ3v) is 4.72. The van der Waals surface area contributed by atoms with E-state index in [1.54, 1.807) is 0 Å². The van der Waals surface area contributed by atoms with Crippen molar-refractivity contribution in [2.24, 2.45) is 0 Å². The summed E-state index contributed by atoms with van der Waals surface area (Å²) in [5.74, 6) is 0. The Morgan fingerprint density at radius 1 is 0.682 bits per heavy atom. The predicted octanol–water partition coefficient (Wildman–Crippen LogP) is 4.41. The van der Waals surface area contributed by atoms with Gasteiger partial charge in [-0.2, -0.15) is 0 Å². The zero-order valence-corrected chi connectivity index (χ0v) is 13.4. The standard InChI is InChI=1S/C20H14N.Pd/c21-19-13-12-15-7-2-4-10-17(15)20(19)18-11-5-8-14-6-1-3-9-16(14)18;/h1-12H,21H2;. The van der Waals surface area contributed by atoms with E-state index >= 15 is 0 Å². The SMILES string of the molecule is Nc1[c]([Pd])cc2ccccc2c1-c1cccc2ccccc12. The van der Waals surface area contributed by atoms with Gasteiger partial charge in [-0.1, -0.05) is 0 Å². The van der Waals surface area contributed by atoms with Gasteiger partial charge in [0.1, 0.15) is 0 Å². The molecule has 109 valence electrons. The molecule has 0 radical (unpaired) electrons. The number of hydrogen-bond donors (Lipinski definition) is 1. The second kappa shape index (κ2) is 5.25. The molecule has 0 saturated carbocycles. The first-order valence-corrected chi connectivity index (χ1v) is 7.95. The molecule has 0 unspecified atom stereocenters. The van der Waals surface area contributed by atoms with Crippen molar-refractivity contribution in [2.75, 3.05) is 5.73 Å². The number of benzene rings is 4. The normalized spacial score (nSPS) is 11.2. The van der Waals surface area contributed by atoms with Gasteiger partial charge in [0.2, 0.25) is 0 Å². The number of nitrogens with two attached hydrogens (primary N) is 1. The van der Waals surface area contributed by atoms with Gasteiger partial charge in [0, 0.05) is 0 Å². The Hall–Kier alpha value is -2.14. The van der Waals surface area contributed by atoms with E-state index in [0.717, 1.165) is 15.3 Å². The van der Waals surface area contributed by atoms with E-state index in [4.69, 9.17) is 5.73 Å². The minimum atomic E-state index is 0.804. The van der Waals surface area contributed by atoms with Crippen LogP contribution in [0.4, 0.5) is 5.69 Å². The van der Waals surface area contributed by atoms with Crippen LogP contribution in [0.1, 0.15) is 0 Å². The Bertz CT molecular complexity index is 1000. The Balaban J connectivity index is 2.19. The van der Waals surface area contributed by atoms with Gasteiger partial charge in [0.25, 0.3) is 0 Å². The van der Waals surface area contributed by atoms with Gasteiger partial charge in [-0.3, -0.25) is 0 Å². The average molecular weight is 375 g/mol. The molecule has 0 aliphatic carbocycles. The molecule has 0 aliphatic heterocycles. The molecule has 1 nitrogen and oxygen atoms in total. The summed E-state index contributed by atoms with van der Waals surface area (Å²) in [7, 11) is 0. The zero-order chi connectivity index (χ0) is 15.1. The molecule has 2 heteroatoms. The molecule has 0 atom stereocenters. The number of rotatable bonds is 1. The zero-order valence-electron chi connectivity index (χ0n) is 11.8. The summed E-state index contributed by atoms with van der Waals surface area (Å²) in [5.41, 5.74) is 9.53. The average Bonchev–Trinajstić information content (AvgIpc) is 2.56. The second-order valence-corrected chi connectivity index (χ2v) is 6.20. The van der Waals surface area contributed by atoms with Gasteiger partial charge in [0.15, 0.2) is 0 Å². The summed E-state index contributed by atoms with van der Waals surface area (Å²) in [6, 6.07) is 25.3. The molecule has 4 rings (SSSR count). The van der Waals surface area contributed by atoms with Crippen molar-refractivity contribution in [3.05, 3.63) is 72.8 Å². The number of nitrogen functional groups attached to an aromatic ring is 1. The van der Waals surface area contributed by atoms with Crippen LogP contribution in [0.15, 0.2) is 72.8 Å². The number of anilines is 1. The van der Waals surface area contributed by atoms with Gasteiger partial charge >= 0.3 is 140 Å². The van der Waals surface area contributed by atoms with E-state index in [1.807, 2.05) is 0 Å². The van der Waals surface area contributed by atoms with Crippen LogP contribution >= 0.6 is 0 Å². The molecule has 2 N–H and O–H groups in total. The first kappa shape index (κ1) is 13.5. The maximum atomic E-state index is 6.43. The van der Waals surface area contributed by atoms with Crippen molar-refractivity contribution in [3.8, 4) is 11.1 Å². The topological polar surface area (TPSA) is 26.0 Å². The molecular formula is C20H14NPd. The quantitative estimate of drug-likeness (QED) is 0.387. The Morgan fingerprint density at radius 3 is 2.14 bits per heavy atom. The van der Waals surface area contributed by atoms with Crippen molar-refractivity contribution < 1.29 is 19.2 Å². The van der Waals surface area contributed by atoms with Gasteiger partial charge in [0.05, 0.1) is 0 Å². The van der Waals surface area contributed by atoms with Crippen LogP contribution in [0.2, 0.25) is 0 Å². The van der Waals surface area contributed by atoms with E-state index in [0.29, 0.717) is 0 Å². The summed E-state index contributed by atoms with van der Waals surface area (Å²) in [5, 5.41) is 4.84. The molecule has 0 aliphatic rings. The molecule has 4 aromatic rings. The first-order chi connectivity index (χ1) is 10.8. The summed E-state index contributed by atoms with van der Waals surface area (Å²) < 4.78 is 0.977. The number of hydrogen-bond acceptors (Lipinski definition) is 1. The molecule has 0 aromatic heterocycles. The van der Waals surface area contributed by atoms with Crippen LogP contribution in [0.3, 0.4) is 0 Å². The fraction of sp³-hybridized carbons (Fsp3) is 0. The van der Waals surface area contributed by atoms with Gasteiger partial charge < -0.3 is 0 Å². The number of fused-ring (bicyclic) bond motifs is 2. The van der Waals surface area contributed by atoms with Crippen LogP contribution in [0, 0.1) is 0 Å². The molecular weight excluding hydrogens is 361 g/mol. The van der Waals surface area contributed by atoms with Crippen molar-refractivity contribution in [1.29, 1.82) is 0 Å². The summed E-state index contributed by atoms with van der Waals surface area (Å²) in [4.78, 5) is 0. The Kier molecular flexibility index (Phi) is 3.23. The first-order valence-electron chi connectivity index (χ1n) is 7.17. The molecule has 0 bridgehead atoms. The van der Waals surface area contributed by atoms with Crippen LogP contribution in [-0.4, -0.2) is 0 Å². The fourth-order valence-corrected chi connectivity index (χ4v) is 3.48. The monoisotopic (exact) mass is 374 g/mol. The summed E-state index contributed by atoms with van der Waals surface area (Å²) in [6.07, 6.45) is 0. The van der Waals surface area contributed by atoms with Crippen molar-refractivity contribution >= 4 is 31.3 Å². The fourth-order valence-electron chi connectivity index (χ4n) is 3.05. The van der Waals surface area contributed by atoms with Crippen LogP contribution in [0.5, 0.6) is 0 Å². The maximum absolute atomic E-state index is 6.43. The minimum absolute atomic E-state index is 0.804. The molecule has 0 fully saturated rings. The van der Waals surface area contributed by atoms with Crippen molar-refractivity contribution in [2.45, 2.75) is 0 Å². The Labute approximate surface area is 140 Å². The third kappa shape index (κ3) is 2.04. The van der Waals surface area contributed by atoms with E-state index in [9.17, 15) is 0 Å². The molecule has 0 heterocycles. The summed E-state index contributed by atoms with van der Waals surface area (Å²) in [6.45, 7) is 0. The van der Waals surface area contributed by atoms with Gasteiger partial charge in [-0.05, 0) is 0 Å². The molecule has 0 saturated heterocycles. The predicted molar refractivity (Wildman–Crippen MR) is 90.9 cm³/mol. The van der Waals surface area contributed by atoms with Gasteiger partial charge in [-0.25, -0.2) is 0 Å². The van der Waals surface area contributed by atoms with Gasteiger partial charge in [-0.15, -0.1) is 0 Å². The molecule has 0 spiro atoms. The second-order valence-electron chi connectivity index (χ2n) is 5.36. The Morgan fingerprint density at radius 2 is 1.32 bits per heavy atom. The van der Waals surface area contributed by atoms with E-state index in [-0.39, 0.29) is 0 Å². The third-order valence-electron chi connectivity index (χ3n) is 4.07. The van der Waals surface area contributed by atoms with E-state index in [1.165, 1.54) is 27.1 Å². The molecule has 4 aromatic carbocycles. The van der Waals surface area contributed by atoms with E-state index < -0.39 is 0 Å². The van der Waals surface area contributed by atoms with Crippen LogP contribution < -0.4 is 9.77 Å². The van der Waals surface area contributed by atoms with Crippen LogP contribution in [0.25, 0.3) is 32.7 Å².